The maximum atomic E-state index is 11.3. The van der Waals surface area contributed by atoms with Crippen molar-refractivity contribution < 1.29 is 24.0 Å². The highest BCUT2D eigenvalue weighted by atomic mass is 16.5. The molecule has 1 rings (SSSR count). The number of imide groups is 1. The van der Waals surface area contributed by atoms with Crippen LogP contribution in [-0.4, -0.2) is 28.2 Å². The van der Waals surface area contributed by atoms with Gasteiger partial charge in [-0.2, -0.15) is 0 Å². The van der Waals surface area contributed by atoms with Crippen LogP contribution >= 0.6 is 0 Å². The number of hydrogen-bond acceptors (Lipinski definition) is 5. The van der Waals surface area contributed by atoms with Gasteiger partial charge < -0.3 is 9.63 Å². The Kier molecular flexibility index (Phi) is 5.36. The SMILES string of the molecule is O=C(O)CCCCC(=O)NC(=O)Nc1ccon1. The van der Waals surface area contributed by atoms with E-state index in [4.69, 9.17) is 5.11 Å². The standard InChI is InChI=1S/C10H13N3O5/c14-8(3-1-2-4-9(15)16)12-10(17)11-7-5-6-18-13-7/h5-6H,1-4H2,(H,15,16)(H2,11,12,13,14,17). The van der Waals surface area contributed by atoms with Gasteiger partial charge in [0.15, 0.2) is 5.82 Å². The third-order valence-corrected chi connectivity index (χ3v) is 1.98. The van der Waals surface area contributed by atoms with E-state index in [1.807, 2.05) is 0 Å². The van der Waals surface area contributed by atoms with Gasteiger partial charge in [0.1, 0.15) is 6.26 Å². The number of carbonyl (C=O) groups excluding carboxylic acids is 2. The lowest BCUT2D eigenvalue weighted by Gasteiger charge is -2.03. The summed E-state index contributed by atoms with van der Waals surface area (Å²) in [4.78, 5) is 32.7. The van der Waals surface area contributed by atoms with E-state index in [1.165, 1.54) is 12.3 Å². The monoisotopic (exact) mass is 255 g/mol. The molecule has 3 amide bonds. The first-order chi connectivity index (χ1) is 8.58. The summed E-state index contributed by atoms with van der Waals surface area (Å²) in [6.45, 7) is 0. The highest BCUT2D eigenvalue weighted by Crippen LogP contribution is 2.01. The summed E-state index contributed by atoms with van der Waals surface area (Å²) in [6.07, 6.45) is 2.20. The van der Waals surface area contributed by atoms with Crippen LogP contribution < -0.4 is 10.6 Å². The largest absolute Gasteiger partial charge is 0.481 e. The molecule has 0 aliphatic heterocycles. The molecule has 8 nitrogen and oxygen atoms in total. The minimum absolute atomic E-state index is 0.0123. The molecule has 0 aliphatic rings. The highest BCUT2D eigenvalue weighted by Gasteiger charge is 2.09. The molecule has 3 N–H and O–H groups in total. The van der Waals surface area contributed by atoms with Crippen molar-refractivity contribution >= 4 is 23.7 Å². The van der Waals surface area contributed by atoms with Crippen molar-refractivity contribution in [1.29, 1.82) is 0 Å². The van der Waals surface area contributed by atoms with Crippen LogP contribution in [0.15, 0.2) is 16.9 Å². The highest BCUT2D eigenvalue weighted by molar-refractivity contribution is 6.00. The maximum Gasteiger partial charge on any atom is 0.327 e. The Balaban J connectivity index is 2.15. The summed E-state index contributed by atoms with van der Waals surface area (Å²) in [6, 6.07) is 0.726. The first-order valence-electron chi connectivity index (χ1n) is 5.31. The zero-order valence-electron chi connectivity index (χ0n) is 9.51. The zero-order chi connectivity index (χ0) is 13.4. The molecular formula is C10H13N3O5. The Morgan fingerprint density at radius 1 is 1.28 bits per heavy atom. The summed E-state index contributed by atoms with van der Waals surface area (Å²) in [7, 11) is 0. The van der Waals surface area contributed by atoms with E-state index in [1.54, 1.807) is 0 Å². The van der Waals surface area contributed by atoms with E-state index >= 15 is 0 Å². The van der Waals surface area contributed by atoms with E-state index < -0.39 is 17.9 Å². The van der Waals surface area contributed by atoms with Gasteiger partial charge in [0, 0.05) is 18.9 Å². The number of amides is 3. The van der Waals surface area contributed by atoms with Gasteiger partial charge in [0.2, 0.25) is 5.91 Å². The number of carboxylic acid groups (broad SMARTS) is 1. The van der Waals surface area contributed by atoms with E-state index in [0.29, 0.717) is 12.8 Å². The third kappa shape index (κ3) is 5.64. The second-order valence-electron chi connectivity index (χ2n) is 3.49. The van der Waals surface area contributed by atoms with Crippen molar-refractivity contribution in [3.63, 3.8) is 0 Å². The molecule has 8 heteroatoms. The minimum Gasteiger partial charge on any atom is -0.481 e. The van der Waals surface area contributed by atoms with Gasteiger partial charge in [-0.3, -0.25) is 20.2 Å². The number of hydrogen-bond donors (Lipinski definition) is 3. The fraction of sp³-hybridized carbons (Fsp3) is 0.400. The van der Waals surface area contributed by atoms with Crippen LogP contribution in [0.2, 0.25) is 0 Å². The van der Waals surface area contributed by atoms with Gasteiger partial charge in [-0.1, -0.05) is 5.16 Å². The number of aliphatic carboxylic acids is 1. The van der Waals surface area contributed by atoms with E-state index in [-0.39, 0.29) is 18.7 Å². The minimum atomic E-state index is -0.904. The Labute approximate surface area is 102 Å². The molecule has 0 saturated heterocycles. The second kappa shape index (κ2) is 7.05. The zero-order valence-corrected chi connectivity index (χ0v) is 9.51. The predicted octanol–water partition coefficient (Wildman–Crippen LogP) is 0.968. The molecule has 0 saturated carbocycles. The lowest BCUT2D eigenvalue weighted by Crippen LogP contribution is -2.34. The smallest absolute Gasteiger partial charge is 0.327 e. The number of nitrogens with one attached hydrogen (secondary N) is 2. The van der Waals surface area contributed by atoms with Crippen molar-refractivity contribution in [3.8, 4) is 0 Å². The number of urea groups is 1. The van der Waals surface area contributed by atoms with Crippen molar-refractivity contribution in [1.82, 2.24) is 10.5 Å². The van der Waals surface area contributed by atoms with Gasteiger partial charge >= 0.3 is 12.0 Å². The maximum absolute atomic E-state index is 11.3. The van der Waals surface area contributed by atoms with Crippen LogP contribution in [0.3, 0.4) is 0 Å². The average molecular weight is 255 g/mol. The molecule has 0 aromatic carbocycles. The molecule has 0 spiro atoms. The Morgan fingerprint density at radius 3 is 2.61 bits per heavy atom. The molecule has 98 valence electrons. The molecule has 0 radical (unpaired) electrons. The lowest BCUT2D eigenvalue weighted by molar-refractivity contribution is -0.137. The fourth-order valence-corrected chi connectivity index (χ4v) is 1.18. The van der Waals surface area contributed by atoms with Gasteiger partial charge in [-0.25, -0.2) is 4.79 Å². The topological polar surface area (TPSA) is 122 Å². The second-order valence-corrected chi connectivity index (χ2v) is 3.49. The molecular weight excluding hydrogens is 242 g/mol. The normalized spacial score (nSPS) is 9.78. The number of carboxylic acids is 1. The molecule has 0 aliphatic carbocycles. The Morgan fingerprint density at radius 2 is 2.00 bits per heavy atom. The Hall–Kier alpha value is -2.38. The summed E-state index contributed by atoms with van der Waals surface area (Å²) < 4.78 is 4.49. The quantitative estimate of drug-likeness (QED) is 0.651. The first-order valence-corrected chi connectivity index (χ1v) is 5.31. The number of aromatic nitrogens is 1. The summed E-state index contributed by atoms with van der Waals surface area (Å²) in [5.41, 5.74) is 0. The summed E-state index contributed by atoms with van der Waals surface area (Å²) >= 11 is 0. The van der Waals surface area contributed by atoms with Gasteiger partial charge in [0.25, 0.3) is 0 Å². The van der Waals surface area contributed by atoms with Crippen molar-refractivity contribution in [2.75, 3.05) is 5.32 Å². The molecule has 1 heterocycles. The summed E-state index contributed by atoms with van der Waals surface area (Å²) in [5, 5.41) is 16.2. The van der Waals surface area contributed by atoms with Crippen molar-refractivity contribution in [2.45, 2.75) is 25.7 Å². The van der Waals surface area contributed by atoms with E-state index in [2.05, 4.69) is 20.3 Å². The number of anilines is 1. The van der Waals surface area contributed by atoms with Crippen molar-refractivity contribution in [3.05, 3.63) is 12.3 Å². The Bertz CT molecular complexity index is 415. The molecule has 0 atom stereocenters. The van der Waals surface area contributed by atoms with Crippen LogP contribution in [0.25, 0.3) is 0 Å². The van der Waals surface area contributed by atoms with Crippen LogP contribution in [0.1, 0.15) is 25.7 Å². The molecule has 0 bridgehead atoms. The fourth-order valence-electron chi connectivity index (χ4n) is 1.18. The lowest BCUT2D eigenvalue weighted by atomic mass is 10.2. The molecule has 0 fully saturated rings. The number of unbranched alkanes of at least 4 members (excludes halogenated alkanes) is 1. The molecule has 1 aromatic rings. The average Bonchev–Trinajstić information content (AvgIpc) is 2.76. The van der Waals surface area contributed by atoms with Crippen molar-refractivity contribution in [2.24, 2.45) is 0 Å². The third-order valence-electron chi connectivity index (χ3n) is 1.98. The molecule has 0 unspecified atom stereocenters. The van der Waals surface area contributed by atoms with Crippen LogP contribution in [0, 0.1) is 0 Å². The van der Waals surface area contributed by atoms with Crippen LogP contribution in [0.4, 0.5) is 10.6 Å². The molecule has 1 aromatic heterocycles. The van der Waals surface area contributed by atoms with Gasteiger partial charge in [-0.15, -0.1) is 0 Å². The number of rotatable bonds is 6. The first kappa shape index (κ1) is 13.7. The van der Waals surface area contributed by atoms with Gasteiger partial charge in [-0.05, 0) is 12.8 Å². The number of nitrogens with zero attached hydrogens (tertiary/aromatic N) is 1. The molecule has 18 heavy (non-hydrogen) atoms. The summed E-state index contributed by atoms with van der Waals surface area (Å²) in [5.74, 6) is -1.17. The van der Waals surface area contributed by atoms with Crippen LogP contribution in [0.5, 0.6) is 0 Å². The number of carbonyl (C=O) groups is 3. The van der Waals surface area contributed by atoms with E-state index in [0.717, 1.165) is 0 Å². The van der Waals surface area contributed by atoms with Gasteiger partial charge in [0.05, 0.1) is 0 Å². The van der Waals surface area contributed by atoms with Crippen LogP contribution in [-0.2, 0) is 9.59 Å². The predicted molar refractivity (Wildman–Crippen MR) is 59.8 cm³/mol. The van der Waals surface area contributed by atoms with E-state index in [9.17, 15) is 14.4 Å².